The minimum atomic E-state index is -1.11. The quantitative estimate of drug-likeness (QED) is 0.826. The van der Waals surface area contributed by atoms with E-state index in [0.29, 0.717) is 5.01 Å². The van der Waals surface area contributed by atoms with E-state index in [9.17, 15) is 14.4 Å². The number of imide groups is 1. The number of carbonyl (C=O) groups is 3. The summed E-state index contributed by atoms with van der Waals surface area (Å²) in [5.41, 5.74) is -0.0600. The first-order valence-corrected chi connectivity index (χ1v) is 6.32. The number of likely N-dealkylation sites (tertiary alicyclic amines) is 1. The third-order valence-corrected chi connectivity index (χ3v) is 3.96. The SMILES string of the molecule is CC1C(=O)N(Cc2nc(C(=O)O)cs2)C(=O)C1C. The highest BCUT2D eigenvalue weighted by molar-refractivity contribution is 7.09. The van der Waals surface area contributed by atoms with Gasteiger partial charge in [0.2, 0.25) is 11.8 Å². The van der Waals surface area contributed by atoms with Crippen molar-refractivity contribution < 1.29 is 19.5 Å². The topological polar surface area (TPSA) is 87.6 Å². The third kappa shape index (κ3) is 2.01. The van der Waals surface area contributed by atoms with Gasteiger partial charge in [-0.05, 0) is 0 Å². The van der Waals surface area contributed by atoms with Gasteiger partial charge in [0.1, 0.15) is 5.01 Å². The second-order valence-electron chi connectivity index (χ2n) is 4.27. The number of carboxylic acids is 1. The second kappa shape index (κ2) is 4.49. The highest BCUT2D eigenvalue weighted by Crippen LogP contribution is 2.27. The van der Waals surface area contributed by atoms with Crippen LogP contribution in [0.5, 0.6) is 0 Å². The number of hydrogen-bond donors (Lipinski definition) is 1. The molecule has 1 fully saturated rings. The first-order chi connectivity index (χ1) is 8.41. The van der Waals surface area contributed by atoms with Crippen molar-refractivity contribution in [2.24, 2.45) is 11.8 Å². The van der Waals surface area contributed by atoms with Gasteiger partial charge in [-0.2, -0.15) is 0 Å². The molecule has 0 aromatic carbocycles. The zero-order valence-electron chi connectivity index (χ0n) is 9.91. The van der Waals surface area contributed by atoms with Gasteiger partial charge in [-0.1, -0.05) is 13.8 Å². The first kappa shape index (κ1) is 12.7. The van der Waals surface area contributed by atoms with Gasteiger partial charge in [-0.15, -0.1) is 11.3 Å². The number of hydrogen-bond acceptors (Lipinski definition) is 5. The molecule has 1 saturated heterocycles. The van der Waals surface area contributed by atoms with E-state index in [-0.39, 0.29) is 35.9 Å². The Morgan fingerprint density at radius 2 is 1.94 bits per heavy atom. The zero-order chi connectivity index (χ0) is 13.4. The molecule has 2 atom stereocenters. The van der Waals surface area contributed by atoms with Crippen LogP contribution in [0.2, 0.25) is 0 Å². The van der Waals surface area contributed by atoms with Crippen LogP contribution < -0.4 is 0 Å². The summed E-state index contributed by atoms with van der Waals surface area (Å²) in [5, 5.41) is 10.6. The molecular weight excluding hydrogens is 256 g/mol. The van der Waals surface area contributed by atoms with Crippen LogP contribution in [-0.2, 0) is 16.1 Å². The predicted octanol–water partition coefficient (Wildman–Crippen LogP) is 0.982. The number of rotatable bonds is 3. The highest BCUT2D eigenvalue weighted by atomic mass is 32.1. The lowest BCUT2D eigenvalue weighted by Crippen LogP contribution is -2.30. The fourth-order valence-electron chi connectivity index (χ4n) is 1.80. The van der Waals surface area contributed by atoms with Crippen LogP contribution in [0.3, 0.4) is 0 Å². The van der Waals surface area contributed by atoms with Crippen LogP contribution in [-0.4, -0.2) is 32.8 Å². The summed E-state index contributed by atoms with van der Waals surface area (Å²) in [5.74, 6) is -2.20. The Morgan fingerprint density at radius 3 is 2.39 bits per heavy atom. The number of carbonyl (C=O) groups excluding carboxylic acids is 2. The number of thiazole rings is 1. The van der Waals surface area contributed by atoms with E-state index in [1.54, 1.807) is 13.8 Å². The number of amides is 2. The molecule has 0 radical (unpaired) electrons. The Bertz CT molecular complexity index is 505. The molecule has 1 aliphatic heterocycles. The number of carboxylic acid groups (broad SMARTS) is 1. The maximum atomic E-state index is 11.8. The average molecular weight is 268 g/mol. The molecular formula is C11H12N2O4S. The van der Waals surface area contributed by atoms with Gasteiger partial charge in [0.15, 0.2) is 5.69 Å². The molecule has 0 aliphatic carbocycles. The lowest BCUT2D eigenvalue weighted by atomic mass is 10.00. The van der Waals surface area contributed by atoms with Crippen molar-refractivity contribution in [3.63, 3.8) is 0 Å². The summed E-state index contributed by atoms with van der Waals surface area (Å²) >= 11 is 1.13. The Morgan fingerprint density at radius 1 is 1.39 bits per heavy atom. The maximum Gasteiger partial charge on any atom is 0.355 e. The summed E-state index contributed by atoms with van der Waals surface area (Å²) in [6.07, 6.45) is 0. The first-order valence-electron chi connectivity index (χ1n) is 5.44. The van der Waals surface area contributed by atoms with E-state index in [1.165, 1.54) is 5.38 Å². The van der Waals surface area contributed by atoms with Gasteiger partial charge in [-0.25, -0.2) is 9.78 Å². The van der Waals surface area contributed by atoms with Gasteiger partial charge < -0.3 is 5.11 Å². The van der Waals surface area contributed by atoms with Crippen molar-refractivity contribution in [1.29, 1.82) is 0 Å². The molecule has 0 spiro atoms. The smallest absolute Gasteiger partial charge is 0.355 e. The molecule has 18 heavy (non-hydrogen) atoms. The zero-order valence-corrected chi connectivity index (χ0v) is 10.7. The Balaban J connectivity index is 2.16. The van der Waals surface area contributed by atoms with Crippen molar-refractivity contribution in [1.82, 2.24) is 9.88 Å². The molecule has 6 nitrogen and oxygen atoms in total. The standard InChI is InChI=1S/C11H12N2O4S/c1-5-6(2)10(15)13(9(5)14)3-8-12-7(4-18-8)11(16)17/h4-6H,3H2,1-2H3,(H,16,17). The van der Waals surface area contributed by atoms with Crippen LogP contribution in [0.1, 0.15) is 29.3 Å². The molecule has 7 heteroatoms. The van der Waals surface area contributed by atoms with Crippen molar-refractivity contribution in [3.05, 3.63) is 16.1 Å². The molecule has 1 aromatic heterocycles. The third-order valence-electron chi connectivity index (χ3n) is 3.13. The lowest BCUT2D eigenvalue weighted by Gasteiger charge is -2.11. The summed E-state index contributed by atoms with van der Waals surface area (Å²) in [6.45, 7) is 3.50. The van der Waals surface area contributed by atoms with Crippen LogP contribution in [0.25, 0.3) is 0 Å². The molecule has 0 bridgehead atoms. The summed E-state index contributed by atoms with van der Waals surface area (Å²) in [6, 6.07) is 0. The van der Waals surface area contributed by atoms with Crippen molar-refractivity contribution in [3.8, 4) is 0 Å². The van der Waals surface area contributed by atoms with E-state index in [0.717, 1.165) is 16.2 Å². The summed E-state index contributed by atoms with van der Waals surface area (Å²) in [4.78, 5) is 39.4. The molecule has 2 rings (SSSR count). The second-order valence-corrected chi connectivity index (χ2v) is 5.21. The van der Waals surface area contributed by atoms with E-state index >= 15 is 0 Å². The normalized spacial score (nSPS) is 23.8. The fraction of sp³-hybridized carbons (Fsp3) is 0.455. The molecule has 0 saturated carbocycles. The van der Waals surface area contributed by atoms with Gasteiger partial charge in [0.05, 0.1) is 6.54 Å². The molecule has 96 valence electrons. The van der Waals surface area contributed by atoms with Crippen LogP contribution in [0, 0.1) is 11.8 Å². The number of nitrogens with zero attached hydrogens (tertiary/aromatic N) is 2. The fourth-order valence-corrected chi connectivity index (χ4v) is 2.56. The van der Waals surface area contributed by atoms with Crippen molar-refractivity contribution in [2.45, 2.75) is 20.4 Å². The van der Waals surface area contributed by atoms with Gasteiger partial charge in [-0.3, -0.25) is 14.5 Å². The van der Waals surface area contributed by atoms with E-state index in [2.05, 4.69) is 4.98 Å². The Labute approximate surface area is 107 Å². The average Bonchev–Trinajstić information content (AvgIpc) is 2.86. The Kier molecular flexibility index (Phi) is 3.16. The van der Waals surface area contributed by atoms with E-state index in [1.807, 2.05) is 0 Å². The maximum absolute atomic E-state index is 11.8. The van der Waals surface area contributed by atoms with Crippen LogP contribution in [0.15, 0.2) is 5.38 Å². The van der Waals surface area contributed by atoms with Gasteiger partial charge >= 0.3 is 5.97 Å². The largest absolute Gasteiger partial charge is 0.476 e. The minimum Gasteiger partial charge on any atom is -0.476 e. The van der Waals surface area contributed by atoms with Gasteiger partial charge in [0.25, 0.3) is 0 Å². The molecule has 1 aliphatic rings. The van der Waals surface area contributed by atoms with Crippen molar-refractivity contribution >= 4 is 29.1 Å². The monoisotopic (exact) mass is 268 g/mol. The molecule has 1 aromatic rings. The summed E-state index contributed by atoms with van der Waals surface area (Å²) in [7, 11) is 0. The minimum absolute atomic E-state index is 0.0598. The molecule has 2 amide bonds. The van der Waals surface area contributed by atoms with Crippen LogP contribution in [0.4, 0.5) is 0 Å². The van der Waals surface area contributed by atoms with Crippen LogP contribution >= 0.6 is 11.3 Å². The molecule has 1 N–H and O–H groups in total. The molecule has 2 unspecified atom stereocenters. The molecule has 2 heterocycles. The van der Waals surface area contributed by atoms with Gasteiger partial charge in [0, 0.05) is 17.2 Å². The summed E-state index contributed by atoms with van der Waals surface area (Å²) < 4.78 is 0. The van der Waals surface area contributed by atoms with E-state index < -0.39 is 5.97 Å². The lowest BCUT2D eigenvalue weighted by molar-refractivity contribution is -0.140. The number of aromatic carboxylic acids is 1. The highest BCUT2D eigenvalue weighted by Gasteiger charge is 2.42. The van der Waals surface area contributed by atoms with Crippen molar-refractivity contribution in [2.75, 3.05) is 0 Å². The number of aromatic nitrogens is 1. The Hall–Kier alpha value is -1.76. The predicted molar refractivity (Wildman–Crippen MR) is 63.0 cm³/mol. The van der Waals surface area contributed by atoms with E-state index in [4.69, 9.17) is 5.11 Å².